The smallest absolute Gasteiger partial charge is 0.240 e. The topological polar surface area (TPSA) is 49.9 Å². The highest BCUT2D eigenvalue weighted by Crippen LogP contribution is 2.24. The van der Waals surface area contributed by atoms with Gasteiger partial charge >= 0.3 is 0 Å². The second-order valence-corrected chi connectivity index (χ2v) is 4.60. The minimum Gasteiger partial charge on any atom is -0.379 e. The Morgan fingerprint density at radius 3 is 2.27 bits per heavy atom. The summed E-state index contributed by atoms with van der Waals surface area (Å²) in [5.41, 5.74) is 0. The Kier molecular flexibility index (Phi) is 3.61. The van der Waals surface area contributed by atoms with E-state index >= 15 is 0 Å². The maximum atomic E-state index is 11.5. The van der Waals surface area contributed by atoms with E-state index in [9.17, 15) is 9.59 Å². The molecule has 0 bridgehead atoms. The Balaban J connectivity index is 1.90. The standard InChI is InChI=1S/C9H14N2O3S/c12-8-2-1-3-9(13)11(8)15-10-4-6-14-7-5-10/h1-7H2. The van der Waals surface area contributed by atoms with E-state index in [4.69, 9.17) is 4.74 Å². The van der Waals surface area contributed by atoms with E-state index in [-0.39, 0.29) is 11.8 Å². The minimum atomic E-state index is -0.0669. The van der Waals surface area contributed by atoms with E-state index in [0.29, 0.717) is 32.5 Å². The van der Waals surface area contributed by atoms with Crippen LogP contribution in [0.1, 0.15) is 19.3 Å². The summed E-state index contributed by atoms with van der Waals surface area (Å²) in [7, 11) is 0. The van der Waals surface area contributed by atoms with Gasteiger partial charge in [-0.05, 0) is 6.42 Å². The molecule has 0 radical (unpaired) electrons. The van der Waals surface area contributed by atoms with Crippen molar-refractivity contribution in [2.24, 2.45) is 0 Å². The van der Waals surface area contributed by atoms with Gasteiger partial charge in [0.25, 0.3) is 0 Å². The Morgan fingerprint density at radius 1 is 1.07 bits per heavy atom. The van der Waals surface area contributed by atoms with Crippen LogP contribution in [0.25, 0.3) is 0 Å². The summed E-state index contributed by atoms with van der Waals surface area (Å²) in [6, 6.07) is 0. The Morgan fingerprint density at radius 2 is 1.67 bits per heavy atom. The number of carbonyl (C=O) groups is 2. The molecule has 5 nitrogen and oxygen atoms in total. The molecule has 2 rings (SSSR count). The third-order valence-corrected chi connectivity index (χ3v) is 3.57. The second kappa shape index (κ2) is 4.96. The fourth-order valence-corrected chi connectivity index (χ4v) is 2.48. The van der Waals surface area contributed by atoms with Crippen LogP contribution in [0.2, 0.25) is 0 Å². The molecular formula is C9H14N2O3S. The highest BCUT2D eigenvalue weighted by Gasteiger charge is 2.29. The number of hydrogen-bond acceptors (Lipinski definition) is 5. The predicted octanol–water partition coefficient (Wildman–Crippen LogP) is 0.421. The van der Waals surface area contributed by atoms with E-state index in [1.165, 1.54) is 16.4 Å². The summed E-state index contributed by atoms with van der Waals surface area (Å²) in [4.78, 5) is 23.0. The summed E-state index contributed by atoms with van der Waals surface area (Å²) in [6.07, 6.45) is 1.67. The molecule has 84 valence electrons. The summed E-state index contributed by atoms with van der Waals surface area (Å²) in [5, 5.41) is 0. The second-order valence-electron chi connectivity index (χ2n) is 3.56. The average Bonchev–Trinajstić information content (AvgIpc) is 2.25. The molecule has 0 atom stereocenters. The molecule has 2 aliphatic heterocycles. The molecule has 2 fully saturated rings. The maximum absolute atomic E-state index is 11.5. The average molecular weight is 230 g/mol. The third kappa shape index (κ3) is 2.70. The van der Waals surface area contributed by atoms with Crippen LogP contribution >= 0.6 is 12.1 Å². The van der Waals surface area contributed by atoms with Crippen molar-refractivity contribution >= 4 is 23.9 Å². The molecule has 0 spiro atoms. The summed E-state index contributed by atoms with van der Waals surface area (Å²) in [6.45, 7) is 2.87. The molecule has 2 heterocycles. The largest absolute Gasteiger partial charge is 0.379 e. The first-order valence-corrected chi connectivity index (χ1v) is 5.87. The van der Waals surface area contributed by atoms with E-state index in [2.05, 4.69) is 0 Å². The zero-order valence-corrected chi connectivity index (χ0v) is 9.29. The van der Waals surface area contributed by atoms with Crippen molar-refractivity contribution in [3.8, 4) is 0 Å². The van der Waals surface area contributed by atoms with Gasteiger partial charge in [-0.1, -0.05) is 0 Å². The number of piperidine rings is 1. The molecular weight excluding hydrogens is 216 g/mol. The van der Waals surface area contributed by atoms with Crippen molar-refractivity contribution in [1.82, 2.24) is 8.61 Å². The quantitative estimate of drug-likeness (QED) is 0.508. The van der Waals surface area contributed by atoms with Gasteiger partial charge in [-0.3, -0.25) is 9.59 Å². The number of imide groups is 1. The highest BCUT2D eigenvalue weighted by molar-refractivity contribution is 7.95. The van der Waals surface area contributed by atoms with Crippen LogP contribution in [-0.4, -0.2) is 46.7 Å². The first-order chi connectivity index (χ1) is 7.27. The lowest BCUT2D eigenvalue weighted by atomic mass is 10.1. The Labute approximate surface area is 93.0 Å². The van der Waals surface area contributed by atoms with Gasteiger partial charge in [-0.15, -0.1) is 0 Å². The number of nitrogens with zero attached hydrogens (tertiary/aromatic N) is 2. The highest BCUT2D eigenvalue weighted by atomic mass is 32.2. The SMILES string of the molecule is O=C1CCCC(=O)N1SN1CCOCC1. The predicted molar refractivity (Wildman–Crippen MR) is 55.7 cm³/mol. The lowest BCUT2D eigenvalue weighted by molar-refractivity contribution is -0.140. The maximum Gasteiger partial charge on any atom is 0.240 e. The molecule has 0 aromatic carbocycles. The van der Waals surface area contributed by atoms with Crippen LogP contribution in [0.5, 0.6) is 0 Å². The fourth-order valence-electron chi connectivity index (χ4n) is 1.57. The van der Waals surface area contributed by atoms with Crippen molar-refractivity contribution in [1.29, 1.82) is 0 Å². The van der Waals surface area contributed by atoms with Crippen molar-refractivity contribution in [3.05, 3.63) is 0 Å². The number of carbonyl (C=O) groups excluding carboxylic acids is 2. The van der Waals surface area contributed by atoms with E-state index < -0.39 is 0 Å². The molecule has 2 amide bonds. The van der Waals surface area contributed by atoms with E-state index in [1.54, 1.807) is 0 Å². The van der Waals surface area contributed by atoms with E-state index in [0.717, 1.165) is 13.1 Å². The lowest BCUT2D eigenvalue weighted by Gasteiger charge is -2.31. The monoisotopic (exact) mass is 230 g/mol. The molecule has 0 aromatic heterocycles. The van der Waals surface area contributed by atoms with Crippen molar-refractivity contribution in [2.45, 2.75) is 19.3 Å². The minimum absolute atomic E-state index is 0.0669. The van der Waals surface area contributed by atoms with Crippen LogP contribution in [0, 0.1) is 0 Å². The van der Waals surface area contributed by atoms with Gasteiger partial charge in [0, 0.05) is 25.9 Å². The molecule has 0 aliphatic carbocycles. The summed E-state index contributed by atoms with van der Waals surface area (Å²) < 4.78 is 8.50. The first kappa shape index (κ1) is 10.9. The number of hydrogen-bond donors (Lipinski definition) is 0. The Hall–Kier alpha value is -0.590. The molecule has 0 N–H and O–H groups in total. The van der Waals surface area contributed by atoms with Crippen LogP contribution in [0.15, 0.2) is 0 Å². The van der Waals surface area contributed by atoms with Crippen LogP contribution in [-0.2, 0) is 14.3 Å². The van der Waals surface area contributed by atoms with Gasteiger partial charge in [0.1, 0.15) is 0 Å². The van der Waals surface area contributed by atoms with Gasteiger partial charge in [0.05, 0.1) is 25.3 Å². The van der Waals surface area contributed by atoms with Gasteiger partial charge in [-0.25, -0.2) is 8.61 Å². The van der Waals surface area contributed by atoms with E-state index in [1.807, 2.05) is 4.31 Å². The molecule has 0 aromatic rings. The van der Waals surface area contributed by atoms with Crippen molar-refractivity contribution < 1.29 is 14.3 Å². The zero-order valence-electron chi connectivity index (χ0n) is 8.48. The number of rotatable bonds is 2. The van der Waals surface area contributed by atoms with Crippen LogP contribution in [0.3, 0.4) is 0 Å². The van der Waals surface area contributed by atoms with Gasteiger partial charge in [0.2, 0.25) is 11.8 Å². The lowest BCUT2D eigenvalue weighted by Crippen LogP contribution is -2.41. The molecule has 0 saturated carbocycles. The van der Waals surface area contributed by atoms with Gasteiger partial charge in [-0.2, -0.15) is 0 Å². The van der Waals surface area contributed by atoms with Crippen LogP contribution < -0.4 is 0 Å². The summed E-state index contributed by atoms with van der Waals surface area (Å²) in [5.74, 6) is -0.134. The van der Waals surface area contributed by atoms with Crippen molar-refractivity contribution in [2.75, 3.05) is 26.3 Å². The van der Waals surface area contributed by atoms with Crippen molar-refractivity contribution in [3.63, 3.8) is 0 Å². The number of amides is 2. The Bertz CT molecular complexity index is 250. The molecule has 15 heavy (non-hydrogen) atoms. The normalized spacial score (nSPS) is 24.7. The molecule has 2 aliphatic rings. The molecule has 6 heteroatoms. The molecule has 0 unspecified atom stereocenters. The van der Waals surface area contributed by atoms with Gasteiger partial charge in [0.15, 0.2) is 0 Å². The third-order valence-electron chi connectivity index (χ3n) is 2.40. The number of ether oxygens (including phenoxy) is 1. The molecule has 2 saturated heterocycles. The van der Waals surface area contributed by atoms with Crippen LogP contribution in [0.4, 0.5) is 0 Å². The first-order valence-electron chi connectivity index (χ1n) is 5.14. The van der Waals surface area contributed by atoms with Gasteiger partial charge < -0.3 is 4.74 Å². The summed E-state index contributed by atoms with van der Waals surface area (Å²) >= 11 is 1.25. The fraction of sp³-hybridized carbons (Fsp3) is 0.778. The number of morpholine rings is 1. The zero-order chi connectivity index (χ0) is 10.7.